The third kappa shape index (κ3) is 5.53. The van der Waals surface area contributed by atoms with E-state index >= 15 is 0 Å². The van der Waals surface area contributed by atoms with Gasteiger partial charge in [-0.15, -0.1) is 0 Å². The SMILES string of the molecule is CC(CC(=O)N1CCN[C@H](C)C1)CC(C)(C)C. The maximum absolute atomic E-state index is 12.1. The molecule has 17 heavy (non-hydrogen) atoms. The summed E-state index contributed by atoms with van der Waals surface area (Å²) in [5, 5.41) is 3.36. The first kappa shape index (κ1) is 14.5. The normalized spacial score (nSPS) is 23.6. The molecule has 0 aliphatic carbocycles. The van der Waals surface area contributed by atoms with Crippen LogP contribution in [0.15, 0.2) is 0 Å². The van der Waals surface area contributed by atoms with Crippen molar-refractivity contribution in [2.45, 2.75) is 53.5 Å². The first-order chi connectivity index (χ1) is 7.78. The minimum Gasteiger partial charge on any atom is -0.340 e. The molecule has 1 unspecified atom stereocenters. The van der Waals surface area contributed by atoms with Crippen LogP contribution in [-0.4, -0.2) is 36.5 Å². The van der Waals surface area contributed by atoms with Gasteiger partial charge in [-0.2, -0.15) is 0 Å². The van der Waals surface area contributed by atoms with Gasteiger partial charge in [-0.3, -0.25) is 4.79 Å². The molecular weight excluding hydrogens is 212 g/mol. The van der Waals surface area contributed by atoms with E-state index in [0.29, 0.717) is 29.7 Å². The third-order valence-corrected chi connectivity index (χ3v) is 3.21. The zero-order valence-corrected chi connectivity index (χ0v) is 12.0. The summed E-state index contributed by atoms with van der Waals surface area (Å²) in [4.78, 5) is 14.2. The number of nitrogens with zero attached hydrogens (tertiary/aromatic N) is 1. The van der Waals surface area contributed by atoms with Crippen molar-refractivity contribution in [2.24, 2.45) is 11.3 Å². The number of nitrogens with one attached hydrogen (secondary N) is 1. The molecule has 100 valence electrons. The van der Waals surface area contributed by atoms with Crippen molar-refractivity contribution in [1.82, 2.24) is 10.2 Å². The molecule has 0 saturated carbocycles. The molecular formula is C14H28N2O. The van der Waals surface area contributed by atoms with Crippen molar-refractivity contribution in [2.75, 3.05) is 19.6 Å². The van der Waals surface area contributed by atoms with Crippen LogP contribution in [-0.2, 0) is 4.79 Å². The minimum atomic E-state index is 0.316. The van der Waals surface area contributed by atoms with E-state index < -0.39 is 0 Å². The van der Waals surface area contributed by atoms with Gasteiger partial charge in [0, 0.05) is 32.1 Å². The Balaban J connectivity index is 2.38. The van der Waals surface area contributed by atoms with E-state index in [1.807, 2.05) is 4.90 Å². The van der Waals surface area contributed by atoms with Crippen LogP contribution in [0.4, 0.5) is 0 Å². The van der Waals surface area contributed by atoms with E-state index in [4.69, 9.17) is 0 Å². The summed E-state index contributed by atoms with van der Waals surface area (Å²) in [6.07, 6.45) is 1.81. The van der Waals surface area contributed by atoms with E-state index in [9.17, 15) is 4.79 Å². The molecule has 1 amide bonds. The zero-order chi connectivity index (χ0) is 13.1. The average molecular weight is 240 g/mol. The molecule has 2 atom stereocenters. The zero-order valence-electron chi connectivity index (χ0n) is 12.0. The predicted octanol–water partition coefficient (Wildman–Crippen LogP) is 2.27. The second-order valence-electron chi connectivity index (χ2n) is 6.77. The fourth-order valence-electron chi connectivity index (χ4n) is 2.70. The average Bonchev–Trinajstić information content (AvgIpc) is 2.14. The quantitative estimate of drug-likeness (QED) is 0.821. The Morgan fingerprint density at radius 2 is 2.12 bits per heavy atom. The lowest BCUT2D eigenvalue weighted by Gasteiger charge is -2.33. The van der Waals surface area contributed by atoms with Crippen molar-refractivity contribution in [3.63, 3.8) is 0 Å². The van der Waals surface area contributed by atoms with Gasteiger partial charge in [-0.05, 0) is 24.7 Å². The molecule has 1 heterocycles. The summed E-state index contributed by atoms with van der Waals surface area (Å²) in [5.41, 5.74) is 0.316. The van der Waals surface area contributed by atoms with Crippen LogP contribution in [0.25, 0.3) is 0 Å². The summed E-state index contributed by atoms with van der Waals surface area (Å²) >= 11 is 0. The molecule has 1 aliphatic rings. The minimum absolute atomic E-state index is 0.316. The molecule has 3 nitrogen and oxygen atoms in total. The maximum Gasteiger partial charge on any atom is 0.222 e. The van der Waals surface area contributed by atoms with Crippen LogP contribution >= 0.6 is 0 Å². The third-order valence-electron chi connectivity index (χ3n) is 3.21. The highest BCUT2D eigenvalue weighted by Gasteiger charge is 2.23. The topological polar surface area (TPSA) is 32.3 Å². The number of hydrogen-bond acceptors (Lipinski definition) is 2. The molecule has 1 saturated heterocycles. The lowest BCUT2D eigenvalue weighted by atomic mass is 9.84. The number of piperazine rings is 1. The predicted molar refractivity (Wildman–Crippen MR) is 71.9 cm³/mol. The van der Waals surface area contributed by atoms with E-state index in [1.54, 1.807) is 0 Å². The lowest BCUT2D eigenvalue weighted by molar-refractivity contribution is -0.133. The molecule has 0 radical (unpaired) electrons. The van der Waals surface area contributed by atoms with E-state index in [1.165, 1.54) is 0 Å². The Hall–Kier alpha value is -0.570. The Morgan fingerprint density at radius 3 is 2.65 bits per heavy atom. The largest absolute Gasteiger partial charge is 0.340 e. The number of carbonyl (C=O) groups is 1. The van der Waals surface area contributed by atoms with Crippen molar-refractivity contribution >= 4 is 5.91 Å². The van der Waals surface area contributed by atoms with Crippen LogP contribution in [0, 0.1) is 11.3 Å². The summed E-state index contributed by atoms with van der Waals surface area (Å²) in [7, 11) is 0. The molecule has 0 aromatic heterocycles. The molecule has 0 aromatic carbocycles. The smallest absolute Gasteiger partial charge is 0.222 e. The Kier molecular flexibility index (Phi) is 4.99. The van der Waals surface area contributed by atoms with Crippen molar-refractivity contribution in [3.05, 3.63) is 0 Å². The van der Waals surface area contributed by atoms with Gasteiger partial charge >= 0.3 is 0 Å². The van der Waals surface area contributed by atoms with Crippen LogP contribution in [0.2, 0.25) is 0 Å². The fourth-order valence-corrected chi connectivity index (χ4v) is 2.70. The molecule has 1 rings (SSSR count). The molecule has 3 heteroatoms. The number of carbonyl (C=O) groups excluding carboxylic acids is 1. The first-order valence-electron chi connectivity index (χ1n) is 6.79. The van der Waals surface area contributed by atoms with Crippen molar-refractivity contribution in [1.29, 1.82) is 0 Å². The molecule has 0 spiro atoms. The lowest BCUT2D eigenvalue weighted by Crippen LogP contribution is -2.51. The number of hydrogen-bond donors (Lipinski definition) is 1. The highest BCUT2D eigenvalue weighted by atomic mass is 16.2. The van der Waals surface area contributed by atoms with Crippen molar-refractivity contribution < 1.29 is 4.79 Å². The van der Waals surface area contributed by atoms with E-state index in [2.05, 4.69) is 39.9 Å². The Bertz CT molecular complexity index is 257. The standard InChI is InChI=1S/C14H28N2O/c1-11(9-14(3,4)5)8-13(17)16-7-6-15-12(2)10-16/h11-12,15H,6-10H2,1-5H3/t11?,12-/m1/s1. The van der Waals surface area contributed by atoms with E-state index in [-0.39, 0.29) is 0 Å². The van der Waals surface area contributed by atoms with Crippen LogP contribution in [0.1, 0.15) is 47.5 Å². The second-order valence-corrected chi connectivity index (χ2v) is 6.77. The highest BCUT2D eigenvalue weighted by Crippen LogP contribution is 2.26. The fraction of sp³-hybridized carbons (Fsp3) is 0.929. The van der Waals surface area contributed by atoms with Gasteiger partial charge in [0.2, 0.25) is 5.91 Å². The van der Waals surface area contributed by atoms with Crippen LogP contribution in [0.3, 0.4) is 0 Å². The Morgan fingerprint density at radius 1 is 1.47 bits per heavy atom. The van der Waals surface area contributed by atoms with Crippen LogP contribution in [0.5, 0.6) is 0 Å². The maximum atomic E-state index is 12.1. The van der Waals surface area contributed by atoms with Gasteiger partial charge in [0.05, 0.1) is 0 Å². The molecule has 1 fully saturated rings. The number of rotatable bonds is 3. The van der Waals surface area contributed by atoms with Crippen LogP contribution < -0.4 is 5.32 Å². The summed E-state index contributed by atoms with van der Waals surface area (Å²) in [6, 6.07) is 0.436. The number of amides is 1. The van der Waals surface area contributed by atoms with Gasteiger partial charge in [0.1, 0.15) is 0 Å². The van der Waals surface area contributed by atoms with Gasteiger partial charge in [-0.25, -0.2) is 0 Å². The Labute approximate surface area is 106 Å². The van der Waals surface area contributed by atoms with E-state index in [0.717, 1.165) is 26.1 Å². The van der Waals surface area contributed by atoms with Crippen molar-refractivity contribution in [3.8, 4) is 0 Å². The molecule has 1 N–H and O–H groups in total. The second kappa shape index (κ2) is 5.85. The van der Waals surface area contributed by atoms with Gasteiger partial charge in [-0.1, -0.05) is 27.7 Å². The molecule has 0 bridgehead atoms. The summed E-state index contributed by atoms with van der Waals surface area (Å²) in [5.74, 6) is 0.808. The molecule has 0 aromatic rings. The van der Waals surface area contributed by atoms with Gasteiger partial charge in [0.15, 0.2) is 0 Å². The molecule has 1 aliphatic heterocycles. The summed E-state index contributed by atoms with van der Waals surface area (Å²) < 4.78 is 0. The highest BCUT2D eigenvalue weighted by molar-refractivity contribution is 5.76. The van der Waals surface area contributed by atoms with Gasteiger partial charge in [0.25, 0.3) is 0 Å². The summed E-state index contributed by atoms with van der Waals surface area (Å²) in [6.45, 7) is 13.7. The van der Waals surface area contributed by atoms with Gasteiger partial charge < -0.3 is 10.2 Å². The monoisotopic (exact) mass is 240 g/mol. The first-order valence-corrected chi connectivity index (χ1v) is 6.79.